The Morgan fingerprint density at radius 2 is 1.77 bits per heavy atom. The average molecular weight is 420 g/mol. The molecule has 1 fully saturated rings. The van der Waals surface area contributed by atoms with Crippen LogP contribution in [0.5, 0.6) is 0 Å². The first kappa shape index (κ1) is 20.8. The van der Waals surface area contributed by atoms with E-state index in [9.17, 15) is 4.79 Å². The standard InChI is InChI=1S/C25H33BN2O3/c1-6-18-20(26-30-24(2,3)25(4,5)31-26)11-9-12-21(18)28-15-13-22-19(23(28)29)16-17-10-7-8-14-27(17)22/h9,11-12,16H,6-8,10,13-15H2,1-5H3. The van der Waals surface area contributed by atoms with Crippen LogP contribution in [0.25, 0.3) is 0 Å². The summed E-state index contributed by atoms with van der Waals surface area (Å²) in [7, 11) is -0.419. The van der Waals surface area contributed by atoms with E-state index in [-0.39, 0.29) is 17.1 Å². The topological polar surface area (TPSA) is 43.7 Å². The van der Waals surface area contributed by atoms with Crippen LogP contribution in [-0.4, -0.2) is 35.3 Å². The zero-order valence-electron chi connectivity index (χ0n) is 19.5. The molecule has 1 aromatic carbocycles. The molecule has 31 heavy (non-hydrogen) atoms. The highest BCUT2D eigenvalue weighted by Crippen LogP contribution is 2.38. The summed E-state index contributed by atoms with van der Waals surface area (Å²) in [4.78, 5) is 15.6. The van der Waals surface area contributed by atoms with Gasteiger partial charge in [-0.15, -0.1) is 0 Å². The van der Waals surface area contributed by atoms with Crippen molar-refractivity contribution in [3.05, 3.63) is 46.8 Å². The number of benzene rings is 1. The highest BCUT2D eigenvalue weighted by molar-refractivity contribution is 6.62. The first-order chi connectivity index (χ1) is 14.7. The molecule has 164 valence electrons. The van der Waals surface area contributed by atoms with Gasteiger partial charge in [-0.25, -0.2) is 0 Å². The van der Waals surface area contributed by atoms with Gasteiger partial charge in [-0.1, -0.05) is 19.1 Å². The van der Waals surface area contributed by atoms with Gasteiger partial charge in [0.15, 0.2) is 0 Å². The second-order valence-corrected chi connectivity index (χ2v) is 10.1. The highest BCUT2D eigenvalue weighted by atomic mass is 16.7. The lowest BCUT2D eigenvalue weighted by Gasteiger charge is -2.32. The van der Waals surface area contributed by atoms with Crippen molar-refractivity contribution in [2.75, 3.05) is 11.4 Å². The molecular weight excluding hydrogens is 387 g/mol. The lowest BCUT2D eigenvalue weighted by molar-refractivity contribution is 0.00578. The van der Waals surface area contributed by atoms with Crippen molar-refractivity contribution in [1.82, 2.24) is 4.57 Å². The first-order valence-electron chi connectivity index (χ1n) is 11.7. The highest BCUT2D eigenvalue weighted by Gasteiger charge is 2.52. The molecule has 3 aliphatic heterocycles. The van der Waals surface area contributed by atoms with Crippen LogP contribution in [0.3, 0.4) is 0 Å². The Hall–Kier alpha value is -2.05. The Morgan fingerprint density at radius 3 is 2.48 bits per heavy atom. The Kier molecular flexibility index (Phi) is 4.87. The summed E-state index contributed by atoms with van der Waals surface area (Å²) in [5, 5.41) is 0. The molecule has 0 spiro atoms. The minimum atomic E-state index is -0.419. The van der Waals surface area contributed by atoms with Crippen LogP contribution in [0.2, 0.25) is 0 Å². The summed E-state index contributed by atoms with van der Waals surface area (Å²) in [6, 6.07) is 8.34. The summed E-state index contributed by atoms with van der Waals surface area (Å²) in [6.45, 7) is 12.2. The quantitative estimate of drug-likeness (QED) is 0.708. The Balaban J connectivity index is 1.51. The van der Waals surface area contributed by atoms with Gasteiger partial charge in [-0.05, 0) is 76.5 Å². The number of fused-ring (bicyclic) bond motifs is 3. The third-order valence-electron chi connectivity index (χ3n) is 7.75. The van der Waals surface area contributed by atoms with E-state index in [0.29, 0.717) is 0 Å². The Morgan fingerprint density at radius 1 is 1.03 bits per heavy atom. The molecule has 0 saturated carbocycles. The summed E-state index contributed by atoms with van der Waals surface area (Å²) in [5.74, 6) is 0.129. The number of aryl methyl sites for hydroxylation is 1. The zero-order chi connectivity index (χ0) is 22.0. The molecular formula is C25H33BN2O3. The van der Waals surface area contributed by atoms with Gasteiger partial charge in [0, 0.05) is 36.6 Å². The van der Waals surface area contributed by atoms with Crippen LogP contribution in [0.1, 0.15) is 74.8 Å². The number of amides is 1. The SMILES string of the molecule is CCc1c(B2OC(C)(C)C(C)(C)O2)cccc1N1CCc2c(cc3n2CCCC3)C1=O. The fourth-order valence-corrected chi connectivity index (χ4v) is 5.28. The number of hydrogen-bond donors (Lipinski definition) is 0. The summed E-state index contributed by atoms with van der Waals surface area (Å²) < 4.78 is 15.1. The molecule has 0 radical (unpaired) electrons. The number of carbonyl (C=O) groups is 1. The van der Waals surface area contributed by atoms with Crippen molar-refractivity contribution < 1.29 is 14.1 Å². The maximum Gasteiger partial charge on any atom is 0.495 e. The molecule has 1 amide bonds. The zero-order valence-corrected chi connectivity index (χ0v) is 19.5. The lowest BCUT2D eigenvalue weighted by atomic mass is 9.74. The van der Waals surface area contributed by atoms with Gasteiger partial charge in [0.05, 0.1) is 16.8 Å². The van der Waals surface area contributed by atoms with E-state index in [2.05, 4.69) is 57.4 Å². The van der Waals surface area contributed by atoms with E-state index in [1.165, 1.54) is 24.2 Å². The predicted octanol–water partition coefficient (Wildman–Crippen LogP) is 3.89. The molecule has 5 nitrogen and oxygen atoms in total. The van der Waals surface area contributed by atoms with Gasteiger partial charge in [0.25, 0.3) is 5.91 Å². The van der Waals surface area contributed by atoms with Crippen LogP contribution >= 0.6 is 0 Å². The second-order valence-electron chi connectivity index (χ2n) is 10.1. The molecule has 0 bridgehead atoms. The van der Waals surface area contributed by atoms with Crippen LogP contribution in [-0.2, 0) is 35.1 Å². The van der Waals surface area contributed by atoms with E-state index in [0.717, 1.165) is 54.6 Å². The minimum Gasteiger partial charge on any atom is -0.399 e. The van der Waals surface area contributed by atoms with E-state index in [4.69, 9.17) is 9.31 Å². The van der Waals surface area contributed by atoms with E-state index >= 15 is 0 Å². The molecule has 3 aliphatic rings. The molecule has 6 heteroatoms. The predicted molar refractivity (Wildman–Crippen MR) is 124 cm³/mol. The van der Waals surface area contributed by atoms with Crippen molar-refractivity contribution in [2.24, 2.45) is 0 Å². The van der Waals surface area contributed by atoms with Crippen LogP contribution in [0.15, 0.2) is 24.3 Å². The van der Waals surface area contributed by atoms with Gasteiger partial charge in [-0.2, -0.15) is 0 Å². The third-order valence-corrected chi connectivity index (χ3v) is 7.75. The van der Waals surface area contributed by atoms with Gasteiger partial charge in [-0.3, -0.25) is 4.79 Å². The van der Waals surface area contributed by atoms with E-state index in [1.54, 1.807) is 0 Å². The maximum absolute atomic E-state index is 13.6. The molecule has 0 atom stereocenters. The number of nitrogens with zero attached hydrogens (tertiary/aromatic N) is 2. The average Bonchev–Trinajstić information content (AvgIpc) is 3.22. The molecule has 1 aromatic heterocycles. The van der Waals surface area contributed by atoms with Crippen molar-refractivity contribution in [3.63, 3.8) is 0 Å². The molecule has 2 aromatic rings. The van der Waals surface area contributed by atoms with Crippen molar-refractivity contribution in [3.8, 4) is 0 Å². The molecule has 0 aliphatic carbocycles. The summed E-state index contributed by atoms with van der Waals surface area (Å²) >= 11 is 0. The second kappa shape index (κ2) is 7.24. The normalized spacial score (nSPS) is 21.9. The van der Waals surface area contributed by atoms with Gasteiger partial charge >= 0.3 is 7.12 Å². The molecule has 5 rings (SSSR count). The summed E-state index contributed by atoms with van der Waals surface area (Å²) in [5.41, 5.74) is 5.85. The summed E-state index contributed by atoms with van der Waals surface area (Å²) in [6.07, 6.45) is 5.24. The van der Waals surface area contributed by atoms with E-state index in [1.807, 2.05) is 11.0 Å². The minimum absolute atomic E-state index is 0.129. The Bertz CT molecular complexity index is 1020. The number of hydrogen-bond acceptors (Lipinski definition) is 3. The smallest absolute Gasteiger partial charge is 0.399 e. The van der Waals surface area contributed by atoms with Crippen molar-refractivity contribution in [1.29, 1.82) is 0 Å². The van der Waals surface area contributed by atoms with Gasteiger partial charge < -0.3 is 18.8 Å². The molecule has 0 unspecified atom stereocenters. The largest absolute Gasteiger partial charge is 0.495 e. The van der Waals surface area contributed by atoms with Crippen molar-refractivity contribution >= 4 is 24.2 Å². The number of aromatic nitrogens is 1. The molecule has 4 heterocycles. The first-order valence-corrected chi connectivity index (χ1v) is 11.7. The van der Waals surface area contributed by atoms with E-state index < -0.39 is 7.12 Å². The molecule has 1 saturated heterocycles. The maximum atomic E-state index is 13.6. The van der Waals surface area contributed by atoms with Gasteiger partial charge in [0.2, 0.25) is 0 Å². The van der Waals surface area contributed by atoms with Crippen molar-refractivity contribution in [2.45, 2.75) is 84.5 Å². The number of carbonyl (C=O) groups excluding carboxylic acids is 1. The molecule has 0 N–H and O–H groups in total. The fourth-order valence-electron chi connectivity index (χ4n) is 5.28. The van der Waals surface area contributed by atoms with Crippen LogP contribution in [0, 0.1) is 0 Å². The fraction of sp³-hybridized carbons (Fsp3) is 0.560. The van der Waals surface area contributed by atoms with Crippen LogP contribution in [0.4, 0.5) is 5.69 Å². The van der Waals surface area contributed by atoms with Gasteiger partial charge in [0.1, 0.15) is 0 Å². The Labute approximate surface area is 185 Å². The number of anilines is 1. The number of rotatable bonds is 3. The van der Waals surface area contributed by atoms with Crippen LogP contribution < -0.4 is 10.4 Å². The monoisotopic (exact) mass is 420 g/mol. The lowest BCUT2D eigenvalue weighted by Crippen LogP contribution is -2.42. The third kappa shape index (κ3) is 3.18.